The van der Waals surface area contributed by atoms with Crippen molar-refractivity contribution in [3.8, 4) is 11.5 Å². The summed E-state index contributed by atoms with van der Waals surface area (Å²) in [6.45, 7) is 3.29. The van der Waals surface area contributed by atoms with E-state index in [4.69, 9.17) is 37.0 Å². The van der Waals surface area contributed by atoms with E-state index in [1.807, 2.05) is 0 Å². The molecule has 0 fully saturated rings. The maximum atomic E-state index is 12.9. The third kappa shape index (κ3) is 6.57. The van der Waals surface area contributed by atoms with Crippen LogP contribution < -0.4 is 4.74 Å². The number of rotatable bonds is 9. The van der Waals surface area contributed by atoms with Gasteiger partial charge in [0.2, 0.25) is 0 Å². The van der Waals surface area contributed by atoms with E-state index in [0.717, 1.165) is 6.07 Å². The zero-order chi connectivity index (χ0) is 23.4. The lowest BCUT2D eigenvalue weighted by Crippen LogP contribution is -2.05. The fourth-order valence-corrected chi connectivity index (χ4v) is 4.88. The summed E-state index contributed by atoms with van der Waals surface area (Å²) < 4.78 is 67.3. The highest BCUT2D eigenvalue weighted by molar-refractivity contribution is 7.53. The summed E-state index contributed by atoms with van der Waals surface area (Å²) in [6.07, 6.45) is -5.08. The Balaban J connectivity index is 2.45. The van der Waals surface area contributed by atoms with Gasteiger partial charge in [0.15, 0.2) is 5.75 Å². The molecule has 0 bridgehead atoms. The average molecular weight is 502 g/mol. The lowest BCUT2D eigenvalue weighted by molar-refractivity contribution is -0.385. The van der Waals surface area contributed by atoms with Crippen LogP contribution in [0.15, 0.2) is 30.3 Å². The number of alkyl halides is 3. The molecule has 2 aromatic carbocycles. The Morgan fingerprint density at radius 3 is 2.06 bits per heavy atom. The number of benzene rings is 2. The second-order valence-corrected chi connectivity index (χ2v) is 8.89. The van der Waals surface area contributed by atoms with E-state index in [9.17, 15) is 27.9 Å². The van der Waals surface area contributed by atoms with Gasteiger partial charge in [-0.25, -0.2) is 0 Å². The molecule has 0 radical (unpaired) electrons. The predicted octanol–water partition coefficient (Wildman–Crippen LogP) is 7.48. The molecule has 13 heteroatoms. The Morgan fingerprint density at radius 2 is 1.61 bits per heavy atom. The minimum Gasteiger partial charge on any atom is -0.454 e. The maximum Gasteiger partial charge on any atom is 0.416 e. The molecule has 170 valence electrons. The van der Waals surface area contributed by atoms with E-state index in [1.165, 1.54) is 12.1 Å². The lowest BCUT2D eigenvalue weighted by Gasteiger charge is -2.18. The van der Waals surface area contributed by atoms with E-state index in [0.29, 0.717) is 12.1 Å². The van der Waals surface area contributed by atoms with Gasteiger partial charge in [-0.05, 0) is 38.1 Å². The van der Waals surface area contributed by atoms with Gasteiger partial charge in [-0.15, -0.1) is 0 Å². The fourth-order valence-electron chi connectivity index (χ4n) is 2.60. The zero-order valence-electron chi connectivity index (χ0n) is 16.2. The van der Waals surface area contributed by atoms with Gasteiger partial charge in [0.05, 0.1) is 39.9 Å². The number of ether oxygens (including phenoxy) is 1. The molecule has 0 aliphatic rings. The van der Waals surface area contributed by atoms with Crippen molar-refractivity contribution in [3.05, 3.63) is 61.6 Å². The van der Waals surface area contributed by atoms with Crippen molar-refractivity contribution in [2.75, 3.05) is 13.2 Å². The molecule has 0 saturated heterocycles. The van der Waals surface area contributed by atoms with Gasteiger partial charge in [0.25, 0.3) is 5.69 Å². The number of nitro groups is 1. The summed E-state index contributed by atoms with van der Waals surface area (Å²) in [6, 6.07) is 4.80. The molecule has 0 heterocycles. The summed E-state index contributed by atoms with van der Waals surface area (Å²) in [7, 11) is -3.69. The Bertz CT molecular complexity index is 985. The second kappa shape index (κ2) is 10.2. The second-order valence-electron chi connectivity index (χ2n) is 6.02. The summed E-state index contributed by atoms with van der Waals surface area (Å²) in [4.78, 5) is 10.7. The van der Waals surface area contributed by atoms with E-state index in [1.54, 1.807) is 13.8 Å². The molecule has 0 saturated carbocycles. The van der Waals surface area contributed by atoms with Crippen molar-refractivity contribution in [2.24, 2.45) is 0 Å². The van der Waals surface area contributed by atoms with Crippen LogP contribution in [0.5, 0.6) is 11.5 Å². The standard InChI is InChI=1S/C18H17Cl2F3NO6P/c1-3-28-31(27,29-4-2)10-11-7-13(5-6-16(11)24(25)26)30-17-14(19)8-12(9-15(17)20)18(21,22)23/h5-9H,3-4,10H2,1-2H3. The van der Waals surface area contributed by atoms with E-state index in [2.05, 4.69) is 0 Å². The Morgan fingerprint density at radius 1 is 1.06 bits per heavy atom. The van der Waals surface area contributed by atoms with Crippen molar-refractivity contribution in [3.63, 3.8) is 0 Å². The average Bonchev–Trinajstić information content (AvgIpc) is 2.64. The topological polar surface area (TPSA) is 87.9 Å². The highest BCUT2D eigenvalue weighted by Gasteiger charge is 2.33. The molecule has 2 rings (SSSR count). The lowest BCUT2D eigenvalue weighted by atomic mass is 10.2. The molecule has 7 nitrogen and oxygen atoms in total. The molecular formula is C18H17Cl2F3NO6P. The van der Waals surface area contributed by atoms with Gasteiger partial charge in [-0.1, -0.05) is 23.2 Å². The first-order valence-electron chi connectivity index (χ1n) is 8.79. The van der Waals surface area contributed by atoms with Gasteiger partial charge in [-0.3, -0.25) is 14.7 Å². The molecule has 0 unspecified atom stereocenters. The van der Waals surface area contributed by atoms with Crippen molar-refractivity contribution in [2.45, 2.75) is 26.2 Å². The number of halogens is 5. The first-order valence-corrected chi connectivity index (χ1v) is 11.3. The van der Waals surface area contributed by atoms with Gasteiger partial charge >= 0.3 is 13.8 Å². The highest BCUT2D eigenvalue weighted by atomic mass is 35.5. The molecule has 0 amide bonds. The normalized spacial score (nSPS) is 12.1. The van der Waals surface area contributed by atoms with E-state index in [-0.39, 0.29) is 36.0 Å². The number of nitrogens with zero attached hydrogens (tertiary/aromatic N) is 1. The smallest absolute Gasteiger partial charge is 0.416 e. The summed E-state index contributed by atoms with van der Waals surface area (Å²) in [5, 5.41) is 10.6. The third-order valence-corrected chi connectivity index (χ3v) is 6.40. The Kier molecular flexibility index (Phi) is 8.35. The Labute approximate surface area is 185 Å². The minimum absolute atomic E-state index is 0.0214. The SMILES string of the molecule is CCOP(=O)(Cc1cc(Oc2c(Cl)cc(C(F)(F)F)cc2Cl)ccc1[N+](=O)[O-])OCC. The maximum absolute atomic E-state index is 12.9. The van der Waals surface area contributed by atoms with Crippen LogP contribution in [0.4, 0.5) is 18.9 Å². The molecular weight excluding hydrogens is 485 g/mol. The van der Waals surface area contributed by atoms with Crippen LogP contribution in [0.1, 0.15) is 25.0 Å². The van der Waals surface area contributed by atoms with Gasteiger partial charge in [0, 0.05) is 11.6 Å². The van der Waals surface area contributed by atoms with Crippen LogP contribution in [0.3, 0.4) is 0 Å². The van der Waals surface area contributed by atoms with Crippen molar-refractivity contribution >= 4 is 36.5 Å². The van der Waals surface area contributed by atoms with Gasteiger partial charge < -0.3 is 13.8 Å². The van der Waals surface area contributed by atoms with E-state index < -0.39 is 40.5 Å². The van der Waals surface area contributed by atoms with Crippen molar-refractivity contribution in [1.82, 2.24) is 0 Å². The summed E-state index contributed by atoms with van der Waals surface area (Å²) >= 11 is 11.8. The molecule has 0 N–H and O–H groups in total. The van der Waals surface area contributed by atoms with Crippen LogP contribution in [0, 0.1) is 10.1 Å². The van der Waals surface area contributed by atoms with Crippen LogP contribution >= 0.6 is 30.8 Å². The third-order valence-electron chi connectivity index (χ3n) is 3.81. The van der Waals surface area contributed by atoms with Crippen LogP contribution in [0.2, 0.25) is 10.0 Å². The molecule has 0 atom stereocenters. The first-order chi connectivity index (χ1) is 14.4. The minimum atomic E-state index is -4.66. The van der Waals surface area contributed by atoms with Crippen LogP contribution in [-0.4, -0.2) is 18.1 Å². The largest absolute Gasteiger partial charge is 0.454 e. The fraction of sp³-hybridized carbons (Fsp3) is 0.333. The van der Waals surface area contributed by atoms with E-state index >= 15 is 0 Å². The van der Waals surface area contributed by atoms with Crippen molar-refractivity contribution in [1.29, 1.82) is 0 Å². The van der Waals surface area contributed by atoms with Gasteiger partial charge in [-0.2, -0.15) is 13.2 Å². The van der Waals surface area contributed by atoms with Crippen molar-refractivity contribution < 1.29 is 36.4 Å². The van der Waals surface area contributed by atoms with Crippen LogP contribution in [0.25, 0.3) is 0 Å². The molecule has 0 aliphatic carbocycles. The number of hydrogen-bond donors (Lipinski definition) is 0. The summed E-state index contributed by atoms with van der Waals surface area (Å²) in [5.41, 5.74) is -1.45. The molecule has 31 heavy (non-hydrogen) atoms. The molecule has 2 aromatic rings. The molecule has 0 aliphatic heterocycles. The van der Waals surface area contributed by atoms with Crippen LogP contribution in [-0.2, 0) is 26.0 Å². The predicted molar refractivity (Wildman–Crippen MR) is 109 cm³/mol. The number of nitro benzene ring substituents is 1. The molecule has 0 spiro atoms. The Hall–Kier alpha value is -1.84. The van der Waals surface area contributed by atoms with Gasteiger partial charge in [0.1, 0.15) is 5.75 Å². The number of hydrogen-bond acceptors (Lipinski definition) is 6. The monoisotopic (exact) mass is 501 g/mol. The highest BCUT2D eigenvalue weighted by Crippen LogP contribution is 2.53. The summed E-state index contributed by atoms with van der Waals surface area (Å²) in [5.74, 6) is -0.294. The zero-order valence-corrected chi connectivity index (χ0v) is 18.6. The first kappa shape index (κ1) is 25.4. The molecule has 0 aromatic heterocycles. The quantitative estimate of drug-likeness (QED) is 0.201.